The molecule has 0 N–H and O–H groups in total. The van der Waals surface area contributed by atoms with E-state index in [-0.39, 0.29) is 5.82 Å². The average Bonchev–Trinajstić information content (AvgIpc) is 2.20. The summed E-state index contributed by atoms with van der Waals surface area (Å²) in [5, 5.41) is 0. The van der Waals surface area contributed by atoms with E-state index in [1.54, 1.807) is 12.1 Å². The van der Waals surface area contributed by atoms with Crippen LogP contribution >= 0.6 is 11.8 Å². The van der Waals surface area contributed by atoms with Crippen molar-refractivity contribution in [3.8, 4) is 0 Å². The van der Waals surface area contributed by atoms with Crippen LogP contribution in [0.2, 0.25) is 0 Å². The Morgan fingerprint density at radius 1 is 1.47 bits per heavy atom. The topological polar surface area (TPSA) is 17.1 Å². The minimum atomic E-state index is -0.298. The third kappa shape index (κ3) is 3.67. The van der Waals surface area contributed by atoms with Gasteiger partial charge in [0.1, 0.15) is 5.82 Å². The molecular weight excluding hydrogens is 211 g/mol. The molecule has 0 aliphatic carbocycles. The van der Waals surface area contributed by atoms with Crippen molar-refractivity contribution in [2.75, 3.05) is 5.75 Å². The van der Waals surface area contributed by atoms with Crippen LogP contribution in [0.1, 0.15) is 30.6 Å². The Morgan fingerprint density at radius 2 is 2.20 bits per heavy atom. The third-order valence-corrected chi connectivity index (χ3v) is 3.23. The number of aldehydes is 1. The number of hydrogen-bond acceptors (Lipinski definition) is 2. The molecule has 0 saturated heterocycles. The van der Waals surface area contributed by atoms with Crippen molar-refractivity contribution in [2.24, 2.45) is 5.92 Å². The Hall–Kier alpha value is -0.830. The molecule has 0 aliphatic heterocycles. The largest absolute Gasteiger partial charge is 0.298 e. The van der Waals surface area contributed by atoms with Crippen LogP contribution in [-0.4, -0.2) is 12.0 Å². The highest BCUT2D eigenvalue weighted by atomic mass is 32.2. The van der Waals surface area contributed by atoms with Crippen molar-refractivity contribution in [1.82, 2.24) is 0 Å². The molecule has 1 aromatic rings. The summed E-state index contributed by atoms with van der Waals surface area (Å²) < 4.78 is 13.4. The van der Waals surface area contributed by atoms with E-state index in [0.29, 0.717) is 22.7 Å². The molecule has 1 aromatic carbocycles. The summed E-state index contributed by atoms with van der Waals surface area (Å²) in [4.78, 5) is 11.2. The molecule has 0 bridgehead atoms. The summed E-state index contributed by atoms with van der Waals surface area (Å²) in [6, 6.07) is 4.60. The molecule has 0 amide bonds. The van der Waals surface area contributed by atoms with Gasteiger partial charge in [-0.1, -0.05) is 26.0 Å². The van der Waals surface area contributed by atoms with Gasteiger partial charge >= 0.3 is 0 Å². The number of benzene rings is 1. The molecule has 0 aromatic heterocycles. The zero-order chi connectivity index (χ0) is 11.3. The zero-order valence-corrected chi connectivity index (χ0v) is 9.81. The lowest BCUT2D eigenvalue weighted by atomic mass is 10.2. The first kappa shape index (κ1) is 12.2. The Balaban J connectivity index is 2.70. The van der Waals surface area contributed by atoms with E-state index in [4.69, 9.17) is 0 Å². The van der Waals surface area contributed by atoms with Gasteiger partial charge in [-0.15, -0.1) is 11.8 Å². The summed E-state index contributed by atoms with van der Waals surface area (Å²) in [6.45, 7) is 4.26. The standard InChI is InChI=1S/C12H15FOS/c1-9(2)6-7-15-12-10(8-14)4-3-5-11(12)13/h3-5,8-9H,6-7H2,1-2H3. The lowest BCUT2D eigenvalue weighted by Gasteiger charge is -2.07. The summed E-state index contributed by atoms with van der Waals surface area (Å²) in [6.07, 6.45) is 1.73. The molecule has 0 unspecified atom stereocenters. The summed E-state index contributed by atoms with van der Waals surface area (Å²) in [7, 11) is 0. The fraction of sp³-hybridized carbons (Fsp3) is 0.417. The van der Waals surface area contributed by atoms with E-state index in [9.17, 15) is 9.18 Å². The maximum Gasteiger partial charge on any atom is 0.151 e. The second-order valence-corrected chi connectivity index (χ2v) is 4.91. The fourth-order valence-electron chi connectivity index (χ4n) is 1.17. The minimum Gasteiger partial charge on any atom is -0.298 e. The molecule has 0 spiro atoms. The Bertz CT molecular complexity index is 336. The van der Waals surface area contributed by atoms with Gasteiger partial charge in [-0.25, -0.2) is 4.39 Å². The fourth-order valence-corrected chi connectivity index (χ4v) is 2.45. The zero-order valence-electron chi connectivity index (χ0n) is 9.00. The van der Waals surface area contributed by atoms with E-state index in [1.807, 2.05) is 0 Å². The van der Waals surface area contributed by atoms with Gasteiger partial charge in [-0.2, -0.15) is 0 Å². The number of hydrogen-bond donors (Lipinski definition) is 0. The summed E-state index contributed by atoms with van der Waals surface area (Å²) in [5.41, 5.74) is 0.448. The number of carbonyl (C=O) groups excluding carboxylic acids is 1. The van der Waals surface area contributed by atoms with E-state index < -0.39 is 0 Å². The SMILES string of the molecule is CC(C)CCSc1c(F)cccc1C=O. The van der Waals surface area contributed by atoms with Crippen LogP contribution in [0, 0.1) is 11.7 Å². The van der Waals surface area contributed by atoms with Crippen LogP contribution in [0.25, 0.3) is 0 Å². The van der Waals surface area contributed by atoms with Crippen LogP contribution in [0.3, 0.4) is 0 Å². The summed E-state index contributed by atoms with van der Waals surface area (Å²) >= 11 is 1.42. The number of thioether (sulfide) groups is 1. The van der Waals surface area contributed by atoms with Crippen molar-refractivity contribution < 1.29 is 9.18 Å². The molecule has 0 saturated carbocycles. The van der Waals surface area contributed by atoms with Gasteiger partial charge in [0, 0.05) is 5.56 Å². The first-order valence-corrected chi connectivity index (χ1v) is 6.00. The highest BCUT2D eigenvalue weighted by molar-refractivity contribution is 7.99. The molecular formula is C12H15FOS. The van der Waals surface area contributed by atoms with Gasteiger partial charge in [0.05, 0.1) is 4.90 Å². The smallest absolute Gasteiger partial charge is 0.151 e. The monoisotopic (exact) mass is 226 g/mol. The normalized spacial score (nSPS) is 10.7. The Labute approximate surface area is 94.1 Å². The van der Waals surface area contributed by atoms with Crippen LogP contribution in [0.5, 0.6) is 0 Å². The third-order valence-electron chi connectivity index (χ3n) is 2.07. The molecule has 3 heteroatoms. The highest BCUT2D eigenvalue weighted by Crippen LogP contribution is 2.26. The summed E-state index contributed by atoms with van der Waals surface area (Å²) in [5.74, 6) is 1.15. The number of halogens is 1. The minimum absolute atomic E-state index is 0.298. The lowest BCUT2D eigenvalue weighted by Crippen LogP contribution is -1.94. The molecule has 0 fully saturated rings. The van der Waals surface area contributed by atoms with Crippen molar-refractivity contribution in [3.63, 3.8) is 0 Å². The van der Waals surface area contributed by atoms with Gasteiger partial charge in [-0.3, -0.25) is 4.79 Å². The second-order valence-electron chi connectivity index (χ2n) is 3.81. The first-order chi connectivity index (χ1) is 7.15. The van der Waals surface area contributed by atoms with Gasteiger partial charge in [0.25, 0.3) is 0 Å². The quantitative estimate of drug-likeness (QED) is 0.561. The van der Waals surface area contributed by atoms with Gasteiger partial charge in [0.2, 0.25) is 0 Å². The van der Waals surface area contributed by atoms with E-state index in [1.165, 1.54) is 17.8 Å². The first-order valence-electron chi connectivity index (χ1n) is 5.01. The number of rotatable bonds is 5. The van der Waals surface area contributed by atoms with Crippen molar-refractivity contribution >= 4 is 18.0 Å². The highest BCUT2D eigenvalue weighted by Gasteiger charge is 2.08. The maximum atomic E-state index is 13.4. The molecule has 1 nitrogen and oxygen atoms in total. The molecule has 0 radical (unpaired) electrons. The van der Waals surface area contributed by atoms with E-state index in [0.717, 1.165) is 12.2 Å². The van der Waals surface area contributed by atoms with Gasteiger partial charge in [-0.05, 0) is 24.2 Å². The van der Waals surface area contributed by atoms with Crippen molar-refractivity contribution in [3.05, 3.63) is 29.6 Å². The molecule has 82 valence electrons. The predicted molar refractivity (Wildman–Crippen MR) is 62.0 cm³/mol. The van der Waals surface area contributed by atoms with Gasteiger partial charge < -0.3 is 0 Å². The van der Waals surface area contributed by atoms with E-state index in [2.05, 4.69) is 13.8 Å². The predicted octanol–water partition coefficient (Wildman–Crippen LogP) is 3.78. The molecule has 0 aliphatic rings. The Morgan fingerprint density at radius 3 is 2.80 bits per heavy atom. The Kier molecular flexibility index (Phi) is 4.82. The average molecular weight is 226 g/mol. The van der Waals surface area contributed by atoms with E-state index >= 15 is 0 Å². The lowest BCUT2D eigenvalue weighted by molar-refractivity contribution is 0.112. The van der Waals surface area contributed by atoms with Gasteiger partial charge in [0.15, 0.2) is 6.29 Å². The van der Waals surface area contributed by atoms with Crippen molar-refractivity contribution in [2.45, 2.75) is 25.2 Å². The maximum absolute atomic E-state index is 13.4. The van der Waals surface area contributed by atoms with Crippen LogP contribution < -0.4 is 0 Å². The molecule has 0 heterocycles. The molecule has 1 rings (SSSR count). The van der Waals surface area contributed by atoms with Crippen molar-refractivity contribution in [1.29, 1.82) is 0 Å². The molecule has 0 atom stereocenters. The van der Waals surface area contributed by atoms with Crippen LogP contribution in [0.4, 0.5) is 4.39 Å². The molecule has 15 heavy (non-hydrogen) atoms. The second kappa shape index (κ2) is 5.91. The number of carbonyl (C=O) groups is 1. The van der Waals surface area contributed by atoms with Crippen LogP contribution in [-0.2, 0) is 0 Å². The van der Waals surface area contributed by atoms with Crippen LogP contribution in [0.15, 0.2) is 23.1 Å².